The Morgan fingerprint density at radius 2 is 2.17 bits per heavy atom. The molecule has 1 aromatic rings. The van der Waals surface area contributed by atoms with E-state index in [0.717, 1.165) is 31.4 Å². The molecule has 1 aliphatic heterocycles. The van der Waals surface area contributed by atoms with Crippen LogP contribution in [0.2, 0.25) is 0 Å². The number of likely N-dealkylation sites (tertiary alicyclic amines) is 1. The molecule has 1 aliphatic carbocycles. The summed E-state index contributed by atoms with van der Waals surface area (Å²) in [6.45, 7) is 3.34. The summed E-state index contributed by atoms with van der Waals surface area (Å²) in [7, 11) is 0. The molecule has 2 aliphatic rings. The summed E-state index contributed by atoms with van der Waals surface area (Å²) in [6.07, 6.45) is 7.75. The van der Waals surface area contributed by atoms with Crippen molar-refractivity contribution in [2.45, 2.75) is 64.3 Å². The van der Waals surface area contributed by atoms with Crippen molar-refractivity contribution in [3.05, 3.63) is 16.1 Å². The van der Waals surface area contributed by atoms with Crippen LogP contribution in [0.15, 0.2) is 5.51 Å². The van der Waals surface area contributed by atoms with E-state index >= 15 is 0 Å². The van der Waals surface area contributed by atoms with E-state index in [-0.39, 0.29) is 17.7 Å². The zero-order valence-electron chi connectivity index (χ0n) is 14.4. The Hall–Kier alpha value is -1.43. The molecule has 0 radical (unpaired) electrons. The monoisotopic (exact) mass is 349 g/mol. The Morgan fingerprint density at radius 1 is 1.38 bits per heavy atom. The maximum atomic E-state index is 12.4. The van der Waals surface area contributed by atoms with Crippen molar-refractivity contribution in [3.8, 4) is 0 Å². The molecule has 0 spiro atoms. The van der Waals surface area contributed by atoms with Gasteiger partial charge in [-0.15, -0.1) is 11.3 Å². The third kappa shape index (κ3) is 4.15. The summed E-state index contributed by atoms with van der Waals surface area (Å²) in [4.78, 5) is 32.1. The van der Waals surface area contributed by atoms with E-state index in [1.165, 1.54) is 17.7 Å². The highest BCUT2D eigenvalue weighted by atomic mass is 32.1. The lowest BCUT2D eigenvalue weighted by atomic mass is 9.95. The van der Waals surface area contributed by atoms with Gasteiger partial charge >= 0.3 is 0 Å². The molecule has 1 aromatic heterocycles. The van der Waals surface area contributed by atoms with Crippen LogP contribution in [0.25, 0.3) is 0 Å². The predicted molar refractivity (Wildman–Crippen MR) is 94.9 cm³/mol. The second-order valence-electron chi connectivity index (χ2n) is 6.98. The normalized spacial score (nSPS) is 22.1. The minimum Gasteiger partial charge on any atom is -0.356 e. The fourth-order valence-electron chi connectivity index (χ4n) is 3.83. The first-order valence-corrected chi connectivity index (χ1v) is 9.99. The average Bonchev–Trinajstić information content (AvgIpc) is 3.24. The van der Waals surface area contributed by atoms with Crippen LogP contribution < -0.4 is 5.32 Å². The average molecular weight is 350 g/mol. The Balaban J connectivity index is 1.42. The quantitative estimate of drug-likeness (QED) is 0.803. The molecular weight excluding hydrogens is 322 g/mol. The van der Waals surface area contributed by atoms with Crippen LogP contribution in [0.1, 0.15) is 55.5 Å². The van der Waals surface area contributed by atoms with Crippen molar-refractivity contribution >= 4 is 23.2 Å². The van der Waals surface area contributed by atoms with Crippen LogP contribution in [0.4, 0.5) is 0 Å². The molecular formula is C18H27N3O2S. The van der Waals surface area contributed by atoms with Crippen molar-refractivity contribution in [2.75, 3.05) is 13.1 Å². The second kappa shape index (κ2) is 8.10. The Kier molecular flexibility index (Phi) is 5.87. The van der Waals surface area contributed by atoms with Crippen molar-refractivity contribution in [2.24, 2.45) is 5.92 Å². The minimum atomic E-state index is -0.0339. The first-order chi connectivity index (χ1) is 11.6. The van der Waals surface area contributed by atoms with Crippen LogP contribution in [-0.2, 0) is 16.0 Å². The van der Waals surface area contributed by atoms with Crippen LogP contribution >= 0.6 is 11.3 Å². The molecule has 2 amide bonds. The second-order valence-corrected chi connectivity index (χ2v) is 7.91. The summed E-state index contributed by atoms with van der Waals surface area (Å²) in [6, 6.07) is 0.377. The van der Waals surface area contributed by atoms with Gasteiger partial charge in [-0.05, 0) is 39.0 Å². The van der Waals surface area contributed by atoms with E-state index in [2.05, 4.69) is 10.3 Å². The molecule has 0 aromatic carbocycles. The minimum absolute atomic E-state index is 0.0339. The summed E-state index contributed by atoms with van der Waals surface area (Å²) in [5, 5.41) is 3.07. The van der Waals surface area contributed by atoms with Gasteiger partial charge in [-0.2, -0.15) is 0 Å². The Morgan fingerprint density at radius 3 is 2.88 bits per heavy atom. The van der Waals surface area contributed by atoms with Crippen LogP contribution in [0.5, 0.6) is 0 Å². The van der Waals surface area contributed by atoms with Crippen LogP contribution in [0.3, 0.4) is 0 Å². The number of nitrogens with zero attached hydrogens (tertiary/aromatic N) is 2. The van der Waals surface area contributed by atoms with Gasteiger partial charge in [0.05, 0.1) is 17.1 Å². The maximum Gasteiger partial charge on any atom is 0.224 e. The van der Waals surface area contributed by atoms with Crippen molar-refractivity contribution in [3.63, 3.8) is 0 Å². The predicted octanol–water partition coefficient (Wildman–Crippen LogP) is 2.68. The van der Waals surface area contributed by atoms with Gasteiger partial charge in [-0.25, -0.2) is 4.98 Å². The van der Waals surface area contributed by atoms with Crippen LogP contribution in [0, 0.1) is 12.8 Å². The third-order valence-corrected chi connectivity index (χ3v) is 6.30. The summed E-state index contributed by atoms with van der Waals surface area (Å²) < 4.78 is 0. The standard InChI is InChI=1S/C18H27N3O2S/c1-13-16(24-12-20-13)7-4-10-19-18(23)14-8-9-17(22)21(11-14)15-5-2-3-6-15/h12,14-15H,2-11H2,1H3,(H,19,23)/t14-/m0/s1. The topological polar surface area (TPSA) is 62.3 Å². The van der Waals surface area contributed by atoms with Gasteiger partial charge in [0, 0.05) is 30.4 Å². The highest BCUT2D eigenvalue weighted by Gasteiger charge is 2.34. The molecule has 6 heteroatoms. The van der Waals surface area contributed by atoms with Gasteiger partial charge in [0.25, 0.3) is 0 Å². The van der Waals surface area contributed by atoms with Crippen molar-refractivity contribution < 1.29 is 9.59 Å². The summed E-state index contributed by atoms with van der Waals surface area (Å²) in [5.41, 5.74) is 2.98. The first kappa shape index (κ1) is 17.4. The number of aryl methyl sites for hydroxylation is 2. The number of carbonyl (C=O) groups excluding carboxylic acids is 2. The largest absolute Gasteiger partial charge is 0.356 e. The fourth-order valence-corrected chi connectivity index (χ4v) is 4.65. The number of nitrogens with one attached hydrogen (secondary N) is 1. The number of thiazole rings is 1. The molecule has 1 saturated heterocycles. The van der Waals surface area contributed by atoms with Crippen molar-refractivity contribution in [1.29, 1.82) is 0 Å². The molecule has 132 valence electrons. The molecule has 5 nitrogen and oxygen atoms in total. The SMILES string of the molecule is Cc1ncsc1CCCNC(=O)[C@H]1CCC(=O)N(C2CCCC2)C1. The molecule has 2 fully saturated rings. The van der Waals surface area contributed by atoms with E-state index in [1.807, 2.05) is 17.3 Å². The van der Waals surface area contributed by atoms with Gasteiger partial charge in [0.2, 0.25) is 11.8 Å². The number of carbonyl (C=O) groups is 2. The third-order valence-electron chi connectivity index (χ3n) is 5.31. The van der Waals surface area contributed by atoms with Gasteiger partial charge in [-0.3, -0.25) is 9.59 Å². The first-order valence-electron chi connectivity index (χ1n) is 9.11. The molecule has 24 heavy (non-hydrogen) atoms. The number of rotatable bonds is 6. The van der Waals surface area contributed by atoms with E-state index < -0.39 is 0 Å². The number of hydrogen-bond acceptors (Lipinski definition) is 4. The molecule has 1 atom stereocenters. The number of amides is 2. The lowest BCUT2D eigenvalue weighted by Gasteiger charge is -2.36. The Bertz CT molecular complexity index is 581. The number of aromatic nitrogens is 1. The fraction of sp³-hybridized carbons (Fsp3) is 0.722. The van der Waals surface area contributed by atoms with Gasteiger partial charge in [0.1, 0.15) is 0 Å². The van der Waals surface area contributed by atoms with E-state index in [9.17, 15) is 9.59 Å². The zero-order chi connectivity index (χ0) is 16.9. The number of piperidine rings is 1. The molecule has 1 saturated carbocycles. The number of hydrogen-bond donors (Lipinski definition) is 1. The van der Waals surface area contributed by atoms with E-state index in [4.69, 9.17) is 0 Å². The van der Waals surface area contributed by atoms with E-state index in [0.29, 0.717) is 32.0 Å². The zero-order valence-corrected chi connectivity index (χ0v) is 15.2. The highest BCUT2D eigenvalue weighted by Crippen LogP contribution is 2.28. The van der Waals surface area contributed by atoms with E-state index in [1.54, 1.807) is 11.3 Å². The summed E-state index contributed by atoms with van der Waals surface area (Å²) >= 11 is 1.68. The van der Waals surface area contributed by atoms with Crippen LogP contribution in [-0.4, -0.2) is 40.8 Å². The lowest BCUT2D eigenvalue weighted by molar-refractivity contribution is -0.140. The molecule has 0 bridgehead atoms. The maximum absolute atomic E-state index is 12.4. The van der Waals surface area contributed by atoms with Gasteiger partial charge < -0.3 is 10.2 Å². The molecule has 2 heterocycles. The lowest BCUT2D eigenvalue weighted by Crippen LogP contribution is -2.49. The summed E-state index contributed by atoms with van der Waals surface area (Å²) in [5.74, 6) is 0.326. The molecule has 3 rings (SSSR count). The highest BCUT2D eigenvalue weighted by molar-refractivity contribution is 7.09. The van der Waals surface area contributed by atoms with Crippen molar-refractivity contribution in [1.82, 2.24) is 15.2 Å². The smallest absolute Gasteiger partial charge is 0.224 e. The molecule has 1 N–H and O–H groups in total. The molecule has 0 unspecified atom stereocenters. The van der Waals surface area contributed by atoms with Gasteiger partial charge in [0.15, 0.2) is 0 Å². The van der Waals surface area contributed by atoms with Gasteiger partial charge in [-0.1, -0.05) is 12.8 Å². The Labute approximate surface area is 147 Å².